The van der Waals surface area contributed by atoms with Crippen molar-refractivity contribution in [3.05, 3.63) is 34.3 Å². The summed E-state index contributed by atoms with van der Waals surface area (Å²) in [5.41, 5.74) is 6.12. The molecule has 9 heteroatoms. The highest BCUT2D eigenvalue weighted by Crippen LogP contribution is 2.29. The average Bonchev–Trinajstić information content (AvgIpc) is 3.16. The van der Waals surface area contributed by atoms with Crippen LogP contribution in [0.5, 0.6) is 0 Å². The number of anilines is 2. The molecule has 1 aromatic carbocycles. The minimum atomic E-state index is -0.863. The smallest absolute Gasteiger partial charge is 0.246 e. The first kappa shape index (κ1) is 21.5. The maximum Gasteiger partial charge on any atom is 0.246 e. The van der Waals surface area contributed by atoms with Crippen LogP contribution in [-0.4, -0.2) is 75.2 Å². The molecule has 2 aliphatic heterocycles. The molecular weight excluding hydrogens is 448 g/mol. The fraction of sp³-hybridized carbons (Fsp3) is 0.619. The molecule has 164 valence electrons. The second-order valence-corrected chi connectivity index (χ2v) is 9.81. The van der Waals surface area contributed by atoms with Crippen molar-refractivity contribution < 1.29 is 9.84 Å². The molecule has 3 heterocycles. The van der Waals surface area contributed by atoms with Crippen molar-refractivity contribution in [1.29, 1.82) is 0 Å². The van der Waals surface area contributed by atoms with Crippen LogP contribution < -0.4 is 10.6 Å². The number of nitrogen functional groups attached to an aromatic ring is 1. The predicted octanol–water partition coefficient (Wildman–Crippen LogP) is 2.20. The van der Waals surface area contributed by atoms with E-state index < -0.39 is 5.60 Å². The van der Waals surface area contributed by atoms with Gasteiger partial charge in [0.15, 0.2) is 0 Å². The van der Waals surface area contributed by atoms with Gasteiger partial charge in [-0.3, -0.25) is 4.90 Å². The van der Waals surface area contributed by atoms with Gasteiger partial charge in [-0.1, -0.05) is 28.1 Å². The van der Waals surface area contributed by atoms with Crippen molar-refractivity contribution in [2.45, 2.75) is 56.9 Å². The van der Waals surface area contributed by atoms with Crippen molar-refractivity contribution >= 4 is 27.8 Å². The van der Waals surface area contributed by atoms with Crippen LogP contribution in [-0.2, 0) is 11.2 Å². The van der Waals surface area contributed by atoms with Crippen LogP contribution in [0.3, 0.4) is 0 Å². The topological polar surface area (TPSA) is 104 Å². The zero-order chi connectivity index (χ0) is 21.3. The molecule has 2 fully saturated rings. The minimum Gasteiger partial charge on any atom is -0.388 e. The lowest BCUT2D eigenvalue weighted by atomic mass is 9.92. The SMILES string of the molecule is CC(C)(O)C1CN(C2CCN(c3n[nH]c(N)n3)CC2)C(Cc2ccc(Br)cc2)CO1. The Hall–Kier alpha value is -1.68. The van der Waals surface area contributed by atoms with Gasteiger partial charge in [0, 0.05) is 36.2 Å². The molecular formula is C21H31BrN6O2. The third kappa shape index (κ3) is 4.96. The van der Waals surface area contributed by atoms with Crippen LogP contribution in [0.2, 0.25) is 0 Å². The Labute approximate surface area is 185 Å². The maximum atomic E-state index is 10.6. The van der Waals surface area contributed by atoms with Gasteiger partial charge in [0.25, 0.3) is 0 Å². The fourth-order valence-corrected chi connectivity index (χ4v) is 4.73. The highest BCUT2D eigenvalue weighted by molar-refractivity contribution is 9.10. The lowest BCUT2D eigenvalue weighted by molar-refractivity contribution is -0.154. The number of nitrogens with one attached hydrogen (secondary N) is 1. The van der Waals surface area contributed by atoms with Crippen LogP contribution in [0, 0.1) is 0 Å². The zero-order valence-electron chi connectivity index (χ0n) is 17.6. The highest BCUT2D eigenvalue weighted by atomic mass is 79.9. The molecule has 2 saturated heterocycles. The lowest BCUT2D eigenvalue weighted by Crippen LogP contribution is -2.61. The molecule has 2 atom stereocenters. The van der Waals surface area contributed by atoms with Crippen LogP contribution in [0.1, 0.15) is 32.3 Å². The number of rotatable bonds is 5. The van der Waals surface area contributed by atoms with E-state index in [-0.39, 0.29) is 6.10 Å². The van der Waals surface area contributed by atoms with Gasteiger partial charge < -0.3 is 20.5 Å². The van der Waals surface area contributed by atoms with Crippen molar-refractivity contribution in [3.63, 3.8) is 0 Å². The van der Waals surface area contributed by atoms with E-state index in [4.69, 9.17) is 10.5 Å². The Bertz CT molecular complexity index is 829. The van der Waals surface area contributed by atoms with Gasteiger partial charge in [0.2, 0.25) is 11.9 Å². The number of morpholine rings is 1. The molecule has 4 N–H and O–H groups in total. The van der Waals surface area contributed by atoms with E-state index in [2.05, 4.69) is 65.2 Å². The number of hydrogen-bond acceptors (Lipinski definition) is 7. The largest absolute Gasteiger partial charge is 0.388 e. The molecule has 30 heavy (non-hydrogen) atoms. The van der Waals surface area contributed by atoms with E-state index in [1.54, 1.807) is 0 Å². The summed E-state index contributed by atoms with van der Waals surface area (Å²) in [5.74, 6) is 1.02. The Morgan fingerprint density at radius 2 is 1.97 bits per heavy atom. The number of aromatic nitrogens is 3. The number of ether oxygens (including phenoxy) is 1. The maximum absolute atomic E-state index is 10.6. The van der Waals surface area contributed by atoms with Crippen molar-refractivity contribution in [2.24, 2.45) is 0 Å². The first-order valence-electron chi connectivity index (χ1n) is 10.6. The van der Waals surface area contributed by atoms with Crippen LogP contribution in [0.15, 0.2) is 28.7 Å². The normalized spacial score (nSPS) is 24.3. The Morgan fingerprint density at radius 3 is 2.57 bits per heavy atom. The number of benzene rings is 1. The number of H-pyrrole nitrogens is 1. The number of halogens is 1. The lowest BCUT2D eigenvalue weighted by Gasteiger charge is -2.48. The van der Waals surface area contributed by atoms with Crippen molar-refractivity contribution in [2.75, 3.05) is 36.9 Å². The molecule has 0 amide bonds. The Kier molecular flexibility index (Phi) is 6.34. The molecule has 2 unspecified atom stereocenters. The predicted molar refractivity (Wildman–Crippen MR) is 120 cm³/mol. The molecule has 0 aliphatic carbocycles. The molecule has 0 saturated carbocycles. The monoisotopic (exact) mass is 478 g/mol. The van der Waals surface area contributed by atoms with E-state index in [0.29, 0.717) is 30.6 Å². The van der Waals surface area contributed by atoms with Crippen LogP contribution in [0.25, 0.3) is 0 Å². The summed E-state index contributed by atoms with van der Waals surface area (Å²) in [6, 6.07) is 9.24. The van der Waals surface area contributed by atoms with Crippen LogP contribution in [0.4, 0.5) is 11.9 Å². The summed E-state index contributed by atoms with van der Waals surface area (Å²) in [6.45, 7) is 6.81. The summed E-state index contributed by atoms with van der Waals surface area (Å²) in [7, 11) is 0. The summed E-state index contributed by atoms with van der Waals surface area (Å²) >= 11 is 3.51. The summed E-state index contributed by atoms with van der Waals surface area (Å²) < 4.78 is 7.20. The molecule has 2 aromatic rings. The second kappa shape index (κ2) is 8.82. The van der Waals surface area contributed by atoms with E-state index in [1.807, 2.05) is 13.8 Å². The van der Waals surface area contributed by atoms with E-state index in [1.165, 1.54) is 5.56 Å². The summed E-state index contributed by atoms with van der Waals surface area (Å²) in [5, 5.41) is 17.5. The third-order valence-electron chi connectivity index (χ3n) is 6.22. The second-order valence-electron chi connectivity index (χ2n) is 8.90. The number of piperidine rings is 1. The molecule has 8 nitrogen and oxygen atoms in total. The quantitative estimate of drug-likeness (QED) is 0.604. The van der Waals surface area contributed by atoms with Gasteiger partial charge in [-0.15, -0.1) is 5.10 Å². The molecule has 2 aliphatic rings. The zero-order valence-corrected chi connectivity index (χ0v) is 19.2. The van der Waals surface area contributed by atoms with Gasteiger partial charge in [0.05, 0.1) is 18.3 Å². The van der Waals surface area contributed by atoms with E-state index in [9.17, 15) is 5.11 Å². The number of nitrogens with two attached hydrogens (primary N) is 1. The third-order valence-corrected chi connectivity index (χ3v) is 6.74. The number of hydrogen-bond donors (Lipinski definition) is 3. The summed E-state index contributed by atoms with van der Waals surface area (Å²) in [6.07, 6.45) is 2.78. The van der Waals surface area contributed by atoms with Gasteiger partial charge in [-0.05, 0) is 50.8 Å². The summed E-state index contributed by atoms with van der Waals surface area (Å²) in [4.78, 5) is 9.01. The van der Waals surface area contributed by atoms with Gasteiger partial charge in [0.1, 0.15) is 0 Å². The van der Waals surface area contributed by atoms with Gasteiger partial charge >= 0.3 is 0 Å². The minimum absolute atomic E-state index is 0.190. The number of nitrogens with zero attached hydrogens (tertiary/aromatic N) is 4. The van der Waals surface area contributed by atoms with Crippen molar-refractivity contribution in [1.82, 2.24) is 20.1 Å². The Morgan fingerprint density at radius 1 is 1.27 bits per heavy atom. The fourth-order valence-electron chi connectivity index (χ4n) is 4.46. The standard InChI is InChI=1S/C21H31BrN6O2/c1-21(2,29)18-12-28(17(13-30-18)11-14-3-5-15(22)6-4-14)16-7-9-27(10-8-16)20-24-19(23)25-26-20/h3-6,16-18,29H,7-13H2,1-2H3,(H3,23,24,25,26). The van der Waals surface area contributed by atoms with Crippen LogP contribution >= 0.6 is 15.9 Å². The molecule has 1 aromatic heterocycles. The number of aliphatic hydroxyl groups is 1. The van der Waals surface area contributed by atoms with Crippen molar-refractivity contribution in [3.8, 4) is 0 Å². The molecule has 4 rings (SSSR count). The molecule has 0 bridgehead atoms. The van der Waals surface area contributed by atoms with E-state index in [0.717, 1.165) is 43.4 Å². The first-order valence-corrected chi connectivity index (χ1v) is 11.4. The van der Waals surface area contributed by atoms with E-state index >= 15 is 0 Å². The molecule has 0 spiro atoms. The van der Waals surface area contributed by atoms with Gasteiger partial charge in [-0.2, -0.15) is 4.98 Å². The van der Waals surface area contributed by atoms with Gasteiger partial charge in [-0.25, -0.2) is 5.10 Å². The number of aromatic amines is 1. The average molecular weight is 479 g/mol. The first-order chi connectivity index (χ1) is 14.3. The highest BCUT2D eigenvalue weighted by Gasteiger charge is 2.40. The Balaban J connectivity index is 1.46. The molecule has 0 radical (unpaired) electrons.